The molecule has 8 nitrogen and oxygen atoms in total. The summed E-state index contributed by atoms with van der Waals surface area (Å²) in [5, 5.41) is 13.6. The molecule has 0 aliphatic heterocycles. The van der Waals surface area contributed by atoms with Crippen molar-refractivity contribution in [1.29, 1.82) is 0 Å². The maximum atomic E-state index is 14.3. The van der Waals surface area contributed by atoms with E-state index in [0.717, 1.165) is 17.2 Å². The van der Waals surface area contributed by atoms with Crippen molar-refractivity contribution >= 4 is 10.9 Å². The zero-order chi connectivity index (χ0) is 26.2. The number of aromatic nitrogens is 7. The van der Waals surface area contributed by atoms with Crippen LogP contribution in [-0.4, -0.2) is 34.5 Å². The molecule has 0 radical (unpaired) electrons. The predicted octanol–water partition coefficient (Wildman–Crippen LogP) is 5.44. The molecule has 0 aliphatic rings. The molecule has 38 heavy (non-hydrogen) atoms. The third kappa shape index (κ3) is 4.26. The van der Waals surface area contributed by atoms with E-state index in [-0.39, 0.29) is 17.5 Å². The fourth-order valence-corrected chi connectivity index (χ4v) is 4.21. The fourth-order valence-electron chi connectivity index (χ4n) is 4.21. The summed E-state index contributed by atoms with van der Waals surface area (Å²) in [4.78, 5) is 9.16. The average Bonchev–Trinajstić information content (AvgIpc) is 3.51. The maximum Gasteiger partial charge on any atom is 0.254 e. The third-order valence-electron chi connectivity index (χ3n) is 6.13. The zero-order valence-electron chi connectivity index (χ0n) is 20.5. The molecule has 3 aromatic carbocycles. The van der Waals surface area contributed by atoms with Gasteiger partial charge in [0.1, 0.15) is 29.7 Å². The van der Waals surface area contributed by atoms with E-state index in [1.54, 1.807) is 16.7 Å². The van der Waals surface area contributed by atoms with Crippen LogP contribution in [0.1, 0.15) is 11.4 Å². The summed E-state index contributed by atoms with van der Waals surface area (Å²) in [7, 11) is 1.82. The summed E-state index contributed by atoms with van der Waals surface area (Å²) < 4.78 is 37.5. The van der Waals surface area contributed by atoms with Crippen LogP contribution in [0.3, 0.4) is 0 Å². The maximum absolute atomic E-state index is 14.3. The van der Waals surface area contributed by atoms with Crippen LogP contribution in [-0.2, 0) is 13.7 Å². The molecule has 6 rings (SSSR count). The lowest BCUT2D eigenvalue weighted by Crippen LogP contribution is -2.09. The summed E-state index contributed by atoms with van der Waals surface area (Å²) in [6, 6.07) is 22.5. The van der Waals surface area contributed by atoms with E-state index in [0.29, 0.717) is 34.9 Å². The van der Waals surface area contributed by atoms with Crippen LogP contribution in [0, 0.1) is 18.6 Å². The molecule has 0 bridgehead atoms. The molecule has 10 heteroatoms. The first kappa shape index (κ1) is 23.4. The predicted molar refractivity (Wildman–Crippen MR) is 138 cm³/mol. The second-order valence-corrected chi connectivity index (χ2v) is 8.72. The number of halogens is 2. The SMILES string of the molecule is Cc1ccccc1OCc1nc(-c2ccc3c(F)cc(F)cc3n2)n(-c2nnc(-c3ccccc3)n2C)n1. The number of ether oxygens (including phenoxy) is 1. The second kappa shape index (κ2) is 9.47. The first-order chi connectivity index (χ1) is 18.5. The Morgan fingerprint density at radius 1 is 0.842 bits per heavy atom. The lowest BCUT2D eigenvalue weighted by Gasteiger charge is -2.07. The van der Waals surface area contributed by atoms with Crippen molar-refractivity contribution < 1.29 is 13.5 Å². The molecule has 3 aromatic heterocycles. The van der Waals surface area contributed by atoms with Crippen molar-refractivity contribution in [2.24, 2.45) is 7.05 Å². The van der Waals surface area contributed by atoms with Gasteiger partial charge in [-0.3, -0.25) is 4.57 Å². The number of pyridine rings is 1. The first-order valence-corrected chi connectivity index (χ1v) is 11.8. The highest BCUT2D eigenvalue weighted by Crippen LogP contribution is 2.26. The minimum Gasteiger partial charge on any atom is -0.485 e. The Hall–Kier alpha value is -4.99. The van der Waals surface area contributed by atoms with Gasteiger partial charge in [0.2, 0.25) is 0 Å². The van der Waals surface area contributed by atoms with Gasteiger partial charge in [0, 0.05) is 30.1 Å². The summed E-state index contributed by atoms with van der Waals surface area (Å²) in [6.45, 7) is 2.04. The van der Waals surface area contributed by atoms with E-state index in [2.05, 4.69) is 25.3 Å². The molecule has 0 N–H and O–H groups in total. The topological polar surface area (TPSA) is 83.5 Å². The molecule has 0 aliphatic carbocycles. The molecule has 0 saturated heterocycles. The van der Waals surface area contributed by atoms with Gasteiger partial charge in [0.15, 0.2) is 17.5 Å². The van der Waals surface area contributed by atoms with Crippen molar-refractivity contribution in [3.63, 3.8) is 0 Å². The molecule has 3 heterocycles. The van der Waals surface area contributed by atoms with Gasteiger partial charge in [-0.05, 0) is 30.7 Å². The van der Waals surface area contributed by atoms with Gasteiger partial charge in [-0.1, -0.05) is 48.5 Å². The van der Waals surface area contributed by atoms with Crippen molar-refractivity contribution in [2.75, 3.05) is 0 Å². The smallest absolute Gasteiger partial charge is 0.254 e. The number of aryl methyl sites for hydroxylation is 1. The van der Waals surface area contributed by atoms with Gasteiger partial charge in [-0.25, -0.2) is 18.7 Å². The van der Waals surface area contributed by atoms with Crippen LogP contribution < -0.4 is 4.74 Å². The van der Waals surface area contributed by atoms with Gasteiger partial charge >= 0.3 is 0 Å². The Morgan fingerprint density at radius 3 is 2.45 bits per heavy atom. The highest BCUT2D eigenvalue weighted by atomic mass is 19.1. The van der Waals surface area contributed by atoms with Gasteiger partial charge in [-0.2, -0.15) is 4.68 Å². The largest absolute Gasteiger partial charge is 0.485 e. The Bertz CT molecular complexity index is 1780. The lowest BCUT2D eigenvalue weighted by atomic mass is 10.2. The Balaban J connectivity index is 1.46. The monoisotopic (exact) mass is 509 g/mol. The molecule has 0 fully saturated rings. The Labute approximate surface area is 216 Å². The minimum atomic E-state index is -0.714. The van der Waals surface area contributed by atoms with E-state index in [4.69, 9.17) is 4.74 Å². The van der Waals surface area contributed by atoms with Crippen molar-refractivity contribution in [2.45, 2.75) is 13.5 Å². The van der Waals surface area contributed by atoms with E-state index < -0.39 is 11.6 Å². The highest BCUT2D eigenvalue weighted by molar-refractivity contribution is 5.81. The van der Waals surface area contributed by atoms with Gasteiger partial charge in [0.25, 0.3) is 5.95 Å². The van der Waals surface area contributed by atoms with Crippen molar-refractivity contribution in [3.05, 3.63) is 102 Å². The minimum absolute atomic E-state index is 0.0884. The van der Waals surface area contributed by atoms with Crippen LogP contribution in [0.25, 0.3) is 39.8 Å². The average molecular weight is 510 g/mol. The van der Waals surface area contributed by atoms with Crippen LogP contribution in [0.15, 0.2) is 78.9 Å². The quantitative estimate of drug-likeness (QED) is 0.297. The molecular weight excluding hydrogens is 488 g/mol. The summed E-state index contributed by atoms with van der Waals surface area (Å²) in [5.74, 6) is 1.04. The molecule has 188 valence electrons. The van der Waals surface area contributed by atoms with Crippen LogP contribution >= 0.6 is 0 Å². The molecule has 0 saturated carbocycles. The zero-order valence-corrected chi connectivity index (χ0v) is 20.5. The van der Waals surface area contributed by atoms with E-state index in [1.165, 1.54) is 10.7 Å². The number of fused-ring (bicyclic) bond motifs is 1. The van der Waals surface area contributed by atoms with Crippen LogP contribution in [0.5, 0.6) is 5.75 Å². The molecule has 0 unspecified atom stereocenters. The molecule has 6 aromatic rings. The summed E-state index contributed by atoms with van der Waals surface area (Å²) >= 11 is 0. The standard InChI is InChI=1S/C28H21F2N7O/c1-17-8-6-7-11-24(17)38-16-25-32-27(22-13-12-20-21(30)14-19(29)15-23(20)31-22)37(35-25)28-34-33-26(36(28)2)18-9-4-3-5-10-18/h3-15H,16H2,1-2H3. The number of nitrogens with zero attached hydrogens (tertiary/aromatic N) is 7. The van der Waals surface area contributed by atoms with Crippen LogP contribution in [0.2, 0.25) is 0 Å². The van der Waals surface area contributed by atoms with Gasteiger partial charge in [0.05, 0.1) is 5.52 Å². The number of rotatable bonds is 6. The fraction of sp³-hybridized carbons (Fsp3) is 0.107. The molecule has 0 atom stereocenters. The van der Waals surface area contributed by atoms with Crippen molar-refractivity contribution in [3.8, 4) is 34.6 Å². The summed E-state index contributed by atoms with van der Waals surface area (Å²) in [5.41, 5.74) is 2.39. The van der Waals surface area contributed by atoms with Gasteiger partial charge < -0.3 is 4.74 Å². The highest BCUT2D eigenvalue weighted by Gasteiger charge is 2.22. The Kier molecular flexibility index (Phi) is 5.83. The lowest BCUT2D eigenvalue weighted by molar-refractivity contribution is 0.294. The van der Waals surface area contributed by atoms with E-state index in [1.807, 2.05) is 68.6 Å². The molecule has 0 amide bonds. The van der Waals surface area contributed by atoms with Gasteiger partial charge in [-0.15, -0.1) is 15.3 Å². The second-order valence-electron chi connectivity index (χ2n) is 8.72. The number of para-hydroxylation sites is 1. The van der Waals surface area contributed by atoms with Crippen LogP contribution in [0.4, 0.5) is 8.78 Å². The Morgan fingerprint density at radius 2 is 1.63 bits per heavy atom. The summed E-state index contributed by atoms with van der Waals surface area (Å²) in [6.07, 6.45) is 0. The molecule has 0 spiro atoms. The number of benzene rings is 3. The number of hydrogen-bond donors (Lipinski definition) is 0. The molecular formula is C28H21F2N7O. The normalized spacial score (nSPS) is 11.3. The number of hydrogen-bond acceptors (Lipinski definition) is 6. The van der Waals surface area contributed by atoms with Crippen molar-refractivity contribution in [1.82, 2.24) is 34.5 Å². The van der Waals surface area contributed by atoms with E-state index in [9.17, 15) is 8.78 Å². The first-order valence-electron chi connectivity index (χ1n) is 11.8. The van der Waals surface area contributed by atoms with E-state index >= 15 is 0 Å². The third-order valence-corrected chi connectivity index (χ3v) is 6.13.